The third kappa shape index (κ3) is 5.36. The molecular formula is C32H32ClFN6O2S. The number of carbonyl (C=O) groups excluding carboxylic acids is 2. The average molecular weight is 619 g/mol. The third-order valence-corrected chi connectivity index (χ3v) is 10.0. The fourth-order valence-corrected chi connectivity index (χ4v) is 7.53. The molecular weight excluding hydrogens is 587 g/mol. The van der Waals surface area contributed by atoms with E-state index in [0.29, 0.717) is 33.9 Å². The van der Waals surface area contributed by atoms with E-state index in [2.05, 4.69) is 49.0 Å². The smallest absolute Gasteiger partial charge is 0.255 e. The molecule has 0 bridgehead atoms. The first-order valence-electron chi connectivity index (χ1n) is 14.8. The number of aromatic nitrogens is 3. The number of hydrogen-bond acceptors (Lipinski definition) is 6. The molecule has 222 valence electrons. The molecule has 1 unspecified atom stereocenters. The molecule has 1 atom stereocenters. The fourth-order valence-electron chi connectivity index (χ4n) is 6.72. The summed E-state index contributed by atoms with van der Waals surface area (Å²) in [6.07, 6.45) is 7.22. The van der Waals surface area contributed by atoms with Crippen LogP contribution in [-0.4, -0.2) is 62.5 Å². The van der Waals surface area contributed by atoms with Crippen molar-refractivity contribution in [3.63, 3.8) is 0 Å². The first-order chi connectivity index (χ1) is 21.0. The van der Waals surface area contributed by atoms with Crippen LogP contribution < -0.4 is 5.32 Å². The van der Waals surface area contributed by atoms with E-state index in [9.17, 15) is 14.0 Å². The normalized spacial score (nSPS) is 17.7. The van der Waals surface area contributed by atoms with Crippen molar-refractivity contribution in [2.24, 2.45) is 0 Å². The van der Waals surface area contributed by atoms with E-state index in [-0.39, 0.29) is 25.0 Å². The Bertz CT molecular complexity index is 1650. The number of nitrogens with one attached hydrogen (secondary N) is 1. The summed E-state index contributed by atoms with van der Waals surface area (Å²) >= 11 is 8.15. The van der Waals surface area contributed by atoms with Crippen LogP contribution in [-0.2, 0) is 24.3 Å². The van der Waals surface area contributed by atoms with Crippen molar-refractivity contribution in [3.05, 3.63) is 87.4 Å². The van der Waals surface area contributed by atoms with Gasteiger partial charge in [0.05, 0.1) is 12.0 Å². The summed E-state index contributed by atoms with van der Waals surface area (Å²) in [5.74, 6) is -0.123. The fraction of sp³-hybridized carbons (Fsp3) is 0.375. The first kappa shape index (κ1) is 28.2. The highest BCUT2D eigenvalue weighted by molar-refractivity contribution is 7.13. The predicted molar refractivity (Wildman–Crippen MR) is 165 cm³/mol. The van der Waals surface area contributed by atoms with Gasteiger partial charge in [0.1, 0.15) is 6.67 Å². The molecule has 3 aliphatic heterocycles. The first-order valence-corrected chi connectivity index (χ1v) is 16.0. The molecule has 2 aromatic carbocycles. The summed E-state index contributed by atoms with van der Waals surface area (Å²) in [6, 6.07) is 11.3. The lowest BCUT2D eigenvalue weighted by Crippen LogP contribution is -2.38. The summed E-state index contributed by atoms with van der Waals surface area (Å²) in [5.41, 5.74) is 5.93. The van der Waals surface area contributed by atoms with E-state index in [0.717, 1.165) is 67.7 Å². The van der Waals surface area contributed by atoms with Crippen molar-refractivity contribution >= 4 is 39.9 Å². The number of carbonyl (C=O) groups is 2. The molecule has 0 radical (unpaired) electrons. The molecule has 1 N–H and O–H groups in total. The maximum Gasteiger partial charge on any atom is 0.255 e. The summed E-state index contributed by atoms with van der Waals surface area (Å²) in [7, 11) is 0. The van der Waals surface area contributed by atoms with E-state index in [1.807, 2.05) is 12.1 Å². The number of imidazole rings is 1. The Balaban J connectivity index is 1.15. The molecule has 7 rings (SSSR count). The molecule has 4 aromatic rings. The second kappa shape index (κ2) is 11.8. The Hall–Kier alpha value is -3.60. The number of fused-ring (bicyclic) bond motifs is 2. The monoisotopic (exact) mass is 618 g/mol. The van der Waals surface area contributed by atoms with Gasteiger partial charge >= 0.3 is 0 Å². The third-order valence-electron chi connectivity index (χ3n) is 8.99. The zero-order valence-electron chi connectivity index (χ0n) is 23.6. The molecule has 0 spiro atoms. The lowest BCUT2D eigenvalue weighted by molar-refractivity contribution is -0.121. The maximum absolute atomic E-state index is 14.0. The lowest BCUT2D eigenvalue weighted by Gasteiger charge is -2.31. The van der Waals surface area contributed by atoms with Crippen molar-refractivity contribution in [2.75, 3.05) is 31.6 Å². The Kier molecular flexibility index (Phi) is 7.75. The van der Waals surface area contributed by atoms with Gasteiger partial charge in [-0.05, 0) is 73.5 Å². The van der Waals surface area contributed by atoms with Gasteiger partial charge in [-0.3, -0.25) is 14.9 Å². The van der Waals surface area contributed by atoms with Crippen LogP contribution in [0.2, 0.25) is 5.02 Å². The van der Waals surface area contributed by atoms with Gasteiger partial charge in [-0.2, -0.15) is 0 Å². The molecule has 1 saturated heterocycles. The number of nitrogens with zero attached hydrogens (tertiary/aromatic N) is 5. The second-order valence-corrected chi connectivity index (χ2v) is 12.7. The number of rotatable bonds is 8. The molecule has 0 saturated carbocycles. The van der Waals surface area contributed by atoms with Crippen LogP contribution in [0.15, 0.2) is 54.3 Å². The summed E-state index contributed by atoms with van der Waals surface area (Å²) in [5, 5.41) is 5.66. The molecule has 43 heavy (non-hydrogen) atoms. The largest absolute Gasteiger partial charge is 0.334 e. The molecule has 11 heteroatoms. The van der Waals surface area contributed by atoms with Gasteiger partial charge in [0.2, 0.25) is 0 Å². The Morgan fingerprint density at radius 3 is 2.67 bits per heavy atom. The second-order valence-electron chi connectivity index (χ2n) is 11.4. The van der Waals surface area contributed by atoms with E-state index < -0.39 is 6.04 Å². The molecule has 5 heterocycles. The number of halogens is 2. The van der Waals surface area contributed by atoms with Gasteiger partial charge < -0.3 is 14.4 Å². The Morgan fingerprint density at radius 1 is 1.12 bits per heavy atom. The van der Waals surface area contributed by atoms with Gasteiger partial charge in [-0.25, -0.2) is 14.4 Å². The summed E-state index contributed by atoms with van der Waals surface area (Å²) < 4.78 is 14.8. The number of hydrogen-bond donors (Lipinski definition) is 1. The van der Waals surface area contributed by atoms with Crippen LogP contribution in [0.25, 0.3) is 11.1 Å². The minimum Gasteiger partial charge on any atom is -0.334 e. The van der Waals surface area contributed by atoms with Gasteiger partial charge in [-0.1, -0.05) is 35.9 Å². The molecule has 0 aliphatic carbocycles. The number of amides is 2. The highest BCUT2D eigenvalue weighted by Crippen LogP contribution is 2.40. The number of alkyl halides is 1. The van der Waals surface area contributed by atoms with Crippen LogP contribution in [0.3, 0.4) is 0 Å². The number of aryl methyl sites for hydroxylation is 1. The molecule has 1 fully saturated rings. The standard InChI is InChI=1S/C32H32ClFN6O2S/c33-26-17-23(21-5-3-20(4-6-21)22-7-12-38(13-8-22)14-9-34)16-24-25(26)18-40(31(24)42)29(30(41)37-32-35-10-15-43-32)28-27-2-1-11-39(27)19-36-28/h3-6,10,15-17,19,22,29H,1-2,7-9,11-14,18H2,(H,35,37,41). The van der Waals surface area contributed by atoms with Gasteiger partial charge in [-0.15, -0.1) is 11.3 Å². The number of likely N-dealkylation sites (tertiary alicyclic amines) is 1. The van der Waals surface area contributed by atoms with Gasteiger partial charge in [0.15, 0.2) is 11.2 Å². The molecule has 8 nitrogen and oxygen atoms in total. The van der Waals surface area contributed by atoms with Crippen molar-refractivity contribution in [2.45, 2.75) is 50.7 Å². The van der Waals surface area contributed by atoms with E-state index in [1.54, 1.807) is 22.8 Å². The van der Waals surface area contributed by atoms with E-state index in [4.69, 9.17) is 11.6 Å². The van der Waals surface area contributed by atoms with Crippen molar-refractivity contribution in [3.8, 4) is 11.1 Å². The van der Waals surface area contributed by atoms with Crippen LogP contribution in [0.1, 0.15) is 64.1 Å². The van der Waals surface area contributed by atoms with E-state index >= 15 is 0 Å². The predicted octanol–water partition coefficient (Wildman–Crippen LogP) is 6.09. The topological polar surface area (TPSA) is 83.4 Å². The van der Waals surface area contributed by atoms with Gasteiger partial charge in [0, 0.05) is 53.1 Å². The quantitative estimate of drug-likeness (QED) is 0.258. The molecule has 2 amide bonds. The summed E-state index contributed by atoms with van der Waals surface area (Å²) in [6.45, 7) is 3.12. The lowest BCUT2D eigenvalue weighted by atomic mass is 9.88. The average Bonchev–Trinajstić information content (AvgIpc) is 3.82. The SMILES string of the molecule is O=C(Nc1nccs1)C(c1ncn2c1CCC2)N1Cc2c(Cl)cc(-c3ccc(C4CCN(CCF)CC4)cc3)cc2C1=O. The minimum absolute atomic E-state index is 0.218. The zero-order chi connectivity index (χ0) is 29.5. The van der Waals surface area contributed by atoms with E-state index in [1.165, 1.54) is 16.9 Å². The van der Waals surface area contributed by atoms with Crippen LogP contribution in [0.5, 0.6) is 0 Å². The Morgan fingerprint density at radius 2 is 1.93 bits per heavy atom. The zero-order valence-corrected chi connectivity index (χ0v) is 25.2. The maximum atomic E-state index is 14.0. The van der Waals surface area contributed by atoms with Gasteiger partial charge in [0.25, 0.3) is 11.8 Å². The number of anilines is 1. The minimum atomic E-state index is -0.909. The van der Waals surface area contributed by atoms with Crippen molar-refractivity contribution in [1.82, 2.24) is 24.3 Å². The number of piperidine rings is 1. The van der Waals surface area contributed by atoms with Crippen molar-refractivity contribution < 1.29 is 14.0 Å². The van der Waals surface area contributed by atoms with Crippen LogP contribution in [0, 0.1) is 0 Å². The number of thiazole rings is 1. The Labute approximate surface area is 258 Å². The van der Waals surface area contributed by atoms with Crippen molar-refractivity contribution in [1.29, 1.82) is 0 Å². The number of benzene rings is 2. The van der Waals surface area contributed by atoms with Crippen LogP contribution >= 0.6 is 22.9 Å². The molecule has 2 aromatic heterocycles. The van der Waals surface area contributed by atoms with Crippen LogP contribution in [0.4, 0.5) is 9.52 Å². The highest BCUT2D eigenvalue weighted by Gasteiger charge is 2.41. The molecule has 3 aliphatic rings. The summed E-state index contributed by atoms with van der Waals surface area (Å²) in [4.78, 5) is 40.4. The highest BCUT2D eigenvalue weighted by atomic mass is 35.5.